The van der Waals surface area contributed by atoms with Crippen molar-refractivity contribution in [2.75, 3.05) is 52.5 Å². The number of rotatable bonds is 4. The van der Waals surface area contributed by atoms with Gasteiger partial charge in [-0.2, -0.15) is 5.10 Å². The van der Waals surface area contributed by atoms with Gasteiger partial charge < -0.3 is 14.7 Å². The number of aliphatic hydroxyl groups is 1. The van der Waals surface area contributed by atoms with E-state index in [2.05, 4.69) is 15.1 Å². The van der Waals surface area contributed by atoms with E-state index in [4.69, 9.17) is 4.74 Å². The molecule has 24 heavy (non-hydrogen) atoms. The number of carbonyl (C=O) groups is 1. The Morgan fingerprint density at radius 1 is 1.29 bits per heavy atom. The molecule has 0 aromatic carbocycles. The Balaban J connectivity index is 1.66. The lowest BCUT2D eigenvalue weighted by Crippen LogP contribution is -2.49. The SMILES string of the molecule is O=C(c1ccc(=O)[nH]n1)N1C[C@@H](CN2CCOCC2)C[C@H](CO)C1. The molecule has 3 heterocycles. The second kappa shape index (κ2) is 7.87. The van der Waals surface area contributed by atoms with Gasteiger partial charge in [-0.15, -0.1) is 0 Å². The van der Waals surface area contributed by atoms with E-state index in [1.165, 1.54) is 12.1 Å². The molecule has 1 amide bonds. The van der Waals surface area contributed by atoms with Crippen LogP contribution in [0.4, 0.5) is 0 Å². The number of hydrogen-bond acceptors (Lipinski definition) is 6. The molecule has 1 aromatic heterocycles. The van der Waals surface area contributed by atoms with E-state index in [0.29, 0.717) is 19.0 Å². The van der Waals surface area contributed by atoms with Crippen molar-refractivity contribution in [2.45, 2.75) is 6.42 Å². The summed E-state index contributed by atoms with van der Waals surface area (Å²) in [4.78, 5) is 27.8. The summed E-state index contributed by atoms with van der Waals surface area (Å²) in [5.74, 6) is 0.202. The molecule has 2 saturated heterocycles. The highest BCUT2D eigenvalue weighted by Crippen LogP contribution is 2.24. The van der Waals surface area contributed by atoms with Crippen molar-refractivity contribution in [1.82, 2.24) is 20.0 Å². The number of nitrogens with zero attached hydrogens (tertiary/aromatic N) is 3. The van der Waals surface area contributed by atoms with Crippen molar-refractivity contribution in [2.24, 2.45) is 11.8 Å². The molecule has 0 radical (unpaired) electrons. The third kappa shape index (κ3) is 4.19. The van der Waals surface area contributed by atoms with Gasteiger partial charge in [0, 0.05) is 45.4 Å². The first-order valence-corrected chi connectivity index (χ1v) is 8.41. The number of likely N-dealkylation sites (tertiary alicyclic amines) is 1. The van der Waals surface area contributed by atoms with Gasteiger partial charge in [0.15, 0.2) is 0 Å². The van der Waals surface area contributed by atoms with Crippen LogP contribution in [0.3, 0.4) is 0 Å². The summed E-state index contributed by atoms with van der Waals surface area (Å²) in [6.07, 6.45) is 0.913. The molecule has 0 bridgehead atoms. The Labute approximate surface area is 140 Å². The van der Waals surface area contributed by atoms with Crippen LogP contribution in [0.15, 0.2) is 16.9 Å². The van der Waals surface area contributed by atoms with Gasteiger partial charge >= 0.3 is 0 Å². The lowest BCUT2D eigenvalue weighted by molar-refractivity contribution is 0.0128. The van der Waals surface area contributed by atoms with Crippen LogP contribution < -0.4 is 5.56 Å². The molecule has 3 rings (SSSR count). The summed E-state index contributed by atoms with van der Waals surface area (Å²) < 4.78 is 5.37. The number of aliphatic hydroxyl groups excluding tert-OH is 1. The lowest BCUT2D eigenvalue weighted by Gasteiger charge is -2.39. The minimum absolute atomic E-state index is 0.0719. The first kappa shape index (κ1) is 17.1. The Bertz CT molecular complexity index is 594. The third-order valence-electron chi connectivity index (χ3n) is 4.69. The molecule has 0 spiro atoms. The van der Waals surface area contributed by atoms with Gasteiger partial charge in [0.05, 0.1) is 13.2 Å². The zero-order chi connectivity index (χ0) is 16.9. The largest absolute Gasteiger partial charge is 0.396 e. The van der Waals surface area contributed by atoms with Crippen LogP contribution >= 0.6 is 0 Å². The van der Waals surface area contributed by atoms with Gasteiger partial charge in [0.1, 0.15) is 5.69 Å². The molecular formula is C16H24N4O4. The van der Waals surface area contributed by atoms with Crippen molar-refractivity contribution in [1.29, 1.82) is 0 Å². The maximum atomic E-state index is 12.6. The Kier molecular flexibility index (Phi) is 5.60. The van der Waals surface area contributed by atoms with Gasteiger partial charge in [-0.1, -0.05) is 0 Å². The fraction of sp³-hybridized carbons (Fsp3) is 0.688. The topological polar surface area (TPSA) is 98.8 Å². The molecule has 2 atom stereocenters. The Hall–Kier alpha value is -1.77. The van der Waals surface area contributed by atoms with Crippen LogP contribution in [0.25, 0.3) is 0 Å². The number of ether oxygens (including phenoxy) is 1. The van der Waals surface area contributed by atoms with Crippen LogP contribution in [0, 0.1) is 11.8 Å². The van der Waals surface area contributed by atoms with Crippen LogP contribution in [-0.4, -0.2) is 83.6 Å². The van der Waals surface area contributed by atoms with E-state index in [0.717, 1.165) is 39.3 Å². The van der Waals surface area contributed by atoms with E-state index in [-0.39, 0.29) is 29.7 Å². The van der Waals surface area contributed by atoms with E-state index in [9.17, 15) is 14.7 Å². The number of amides is 1. The quantitative estimate of drug-likeness (QED) is 0.745. The summed E-state index contributed by atoms with van der Waals surface area (Å²) in [5, 5.41) is 15.7. The number of aromatic amines is 1. The maximum absolute atomic E-state index is 12.6. The van der Waals surface area contributed by atoms with Gasteiger partial charge in [0.2, 0.25) is 0 Å². The molecule has 0 unspecified atom stereocenters. The Morgan fingerprint density at radius 3 is 2.71 bits per heavy atom. The number of nitrogens with one attached hydrogen (secondary N) is 1. The first-order valence-electron chi connectivity index (χ1n) is 8.41. The standard InChI is InChI=1S/C16H24N4O4/c21-11-13-7-12(8-19-3-5-24-6-4-19)9-20(10-13)16(23)14-1-2-15(22)18-17-14/h1-2,12-13,21H,3-11H2,(H,18,22)/t12-,13+/m1/s1. The second-order valence-corrected chi connectivity index (χ2v) is 6.58. The predicted molar refractivity (Wildman–Crippen MR) is 86.7 cm³/mol. The van der Waals surface area contributed by atoms with E-state index < -0.39 is 0 Å². The number of piperidine rings is 1. The third-order valence-corrected chi connectivity index (χ3v) is 4.69. The fourth-order valence-electron chi connectivity index (χ4n) is 3.52. The van der Waals surface area contributed by atoms with Crippen LogP contribution in [0.2, 0.25) is 0 Å². The van der Waals surface area contributed by atoms with Crippen molar-refractivity contribution in [3.63, 3.8) is 0 Å². The summed E-state index contributed by atoms with van der Waals surface area (Å²) in [5.41, 5.74) is -0.0954. The van der Waals surface area contributed by atoms with E-state index in [1.54, 1.807) is 4.90 Å². The van der Waals surface area contributed by atoms with Gasteiger partial charge in [-0.25, -0.2) is 5.10 Å². The summed E-state index contributed by atoms with van der Waals surface area (Å²) in [6.45, 7) is 5.47. The van der Waals surface area contributed by atoms with E-state index >= 15 is 0 Å². The summed E-state index contributed by atoms with van der Waals surface area (Å²) >= 11 is 0. The number of H-pyrrole nitrogens is 1. The maximum Gasteiger partial charge on any atom is 0.274 e. The van der Waals surface area contributed by atoms with Gasteiger partial charge in [-0.3, -0.25) is 14.5 Å². The molecule has 2 N–H and O–H groups in total. The zero-order valence-corrected chi connectivity index (χ0v) is 13.7. The predicted octanol–water partition coefficient (Wildman–Crippen LogP) is -0.827. The second-order valence-electron chi connectivity index (χ2n) is 6.58. The highest BCUT2D eigenvalue weighted by molar-refractivity contribution is 5.92. The average Bonchev–Trinajstić information content (AvgIpc) is 2.62. The molecule has 2 fully saturated rings. The van der Waals surface area contributed by atoms with Gasteiger partial charge in [0.25, 0.3) is 11.5 Å². The number of carbonyl (C=O) groups excluding carboxylic acids is 1. The highest BCUT2D eigenvalue weighted by atomic mass is 16.5. The average molecular weight is 336 g/mol. The molecular weight excluding hydrogens is 312 g/mol. The molecule has 8 heteroatoms. The lowest BCUT2D eigenvalue weighted by atomic mass is 9.89. The van der Waals surface area contributed by atoms with Crippen molar-refractivity contribution < 1.29 is 14.6 Å². The van der Waals surface area contributed by atoms with Crippen LogP contribution in [0.5, 0.6) is 0 Å². The molecule has 0 aliphatic carbocycles. The number of aromatic nitrogens is 2. The number of morpholine rings is 1. The first-order chi connectivity index (χ1) is 11.7. The molecule has 1 aromatic rings. The molecule has 2 aliphatic rings. The van der Waals surface area contributed by atoms with Crippen molar-refractivity contribution in [3.05, 3.63) is 28.2 Å². The van der Waals surface area contributed by atoms with Crippen LogP contribution in [-0.2, 0) is 4.74 Å². The minimum Gasteiger partial charge on any atom is -0.396 e. The summed E-state index contributed by atoms with van der Waals surface area (Å²) in [7, 11) is 0. The van der Waals surface area contributed by atoms with Crippen LogP contribution in [0.1, 0.15) is 16.9 Å². The monoisotopic (exact) mass is 336 g/mol. The van der Waals surface area contributed by atoms with E-state index in [1.807, 2.05) is 0 Å². The summed E-state index contributed by atoms with van der Waals surface area (Å²) in [6, 6.07) is 2.75. The normalized spacial score (nSPS) is 25.6. The molecule has 2 aliphatic heterocycles. The zero-order valence-electron chi connectivity index (χ0n) is 13.7. The van der Waals surface area contributed by atoms with Gasteiger partial charge in [-0.05, 0) is 24.3 Å². The number of hydrogen-bond donors (Lipinski definition) is 2. The van der Waals surface area contributed by atoms with Crippen molar-refractivity contribution >= 4 is 5.91 Å². The molecule has 8 nitrogen and oxygen atoms in total. The minimum atomic E-state index is -0.330. The smallest absolute Gasteiger partial charge is 0.274 e. The highest BCUT2D eigenvalue weighted by Gasteiger charge is 2.32. The fourth-order valence-corrected chi connectivity index (χ4v) is 3.52. The Morgan fingerprint density at radius 2 is 2.04 bits per heavy atom. The molecule has 0 saturated carbocycles. The molecule has 132 valence electrons. The van der Waals surface area contributed by atoms with Crippen molar-refractivity contribution in [3.8, 4) is 0 Å².